The number of hydrogen-bond donors (Lipinski definition) is 1. The SMILES string of the molecule is CCOc1cc(OC)ccc1CN(CC=O)C(=O)OC(C)(C)C.CN1CCCC(c2cccc(C(=O)O)c2)C1. The predicted molar refractivity (Wildman–Crippen MR) is 150 cm³/mol. The molecule has 2 aromatic carbocycles. The minimum Gasteiger partial charge on any atom is -0.497 e. The summed E-state index contributed by atoms with van der Waals surface area (Å²) in [5.41, 5.74) is 1.71. The highest BCUT2D eigenvalue weighted by Gasteiger charge is 2.23. The van der Waals surface area contributed by atoms with E-state index in [4.69, 9.17) is 19.3 Å². The van der Waals surface area contributed by atoms with Gasteiger partial charge in [-0.3, -0.25) is 4.90 Å². The van der Waals surface area contributed by atoms with E-state index in [2.05, 4.69) is 11.9 Å². The van der Waals surface area contributed by atoms with Crippen LogP contribution in [0.3, 0.4) is 0 Å². The van der Waals surface area contributed by atoms with Crippen LogP contribution in [0.15, 0.2) is 42.5 Å². The van der Waals surface area contributed by atoms with Crippen molar-refractivity contribution < 1.29 is 33.7 Å². The molecule has 1 amide bonds. The van der Waals surface area contributed by atoms with Crippen LogP contribution < -0.4 is 9.47 Å². The summed E-state index contributed by atoms with van der Waals surface area (Å²) >= 11 is 0. The first-order valence-electron chi connectivity index (χ1n) is 13.2. The lowest BCUT2D eigenvalue weighted by atomic mass is 9.90. The number of benzene rings is 2. The van der Waals surface area contributed by atoms with Crippen molar-refractivity contribution in [3.8, 4) is 11.5 Å². The maximum absolute atomic E-state index is 12.2. The van der Waals surface area contributed by atoms with Crippen molar-refractivity contribution >= 4 is 18.3 Å². The number of carbonyl (C=O) groups is 3. The van der Waals surface area contributed by atoms with Gasteiger partial charge in [0, 0.05) is 18.2 Å². The standard InChI is InChI=1S/C17H25NO5.C13H17NO2/c1-6-22-15-11-14(21-5)8-7-13(15)12-18(9-10-19)16(20)23-17(2,3)4;1-14-7-3-6-12(9-14)10-4-2-5-11(8-10)13(15)16/h7-8,10-11H,6,9,12H2,1-5H3;2,4-5,8,12H,3,6-7,9H2,1H3,(H,15,16). The highest BCUT2D eigenvalue weighted by atomic mass is 16.6. The number of carboxylic acid groups (broad SMARTS) is 1. The number of nitrogens with zero attached hydrogens (tertiary/aromatic N) is 2. The minimum atomic E-state index is -0.842. The van der Waals surface area contributed by atoms with E-state index in [-0.39, 0.29) is 13.1 Å². The first-order chi connectivity index (χ1) is 18.5. The molecule has 0 saturated carbocycles. The molecule has 9 nitrogen and oxygen atoms in total. The number of likely N-dealkylation sites (N-methyl/N-ethyl adjacent to an activating group) is 1. The van der Waals surface area contributed by atoms with Crippen LogP contribution in [0.2, 0.25) is 0 Å². The molecule has 1 atom stereocenters. The van der Waals surface area contributed by atoms with Crippen LogP contribution in [0.4, 0.5) is 4.79 Å². The first kappa shape index (κ1) is 31.6. The Morgan fingerprint density at radius 2 is 1.92 bits per heavy atom. The van der Waals surface area contributed by atoms with Gasteiger partial charge in [-0.25, -0.2) is 9.59 Å². The fraction of sp³-hybridized carbons (Fsp3) is 0.500. The molecular formula is C30H42N2O7. The van der Waals surface area contributed by atoms with Gasteiger partial charge in [-0.15, -0.1) is 0 Å². The van der Waals surface area contributed by atoms with Crippen LogP contribution in [-0.2, 0) is 16.1 Å². The molecule has 0 spiro atoms. The molecule has 2 aromatic rings. The van der Waals surface area contributed by atoms with Crippen molar-refractivity contribution in [2.24, 2.45) is 0 Å². The Labute approximate surface area is 231 Å². The van der Waals surface area contributed by atoms with Crippen molar-refractivity contribution in [1.29, 1.82) is 0 Å². The minimum absolute atomic E-state index is 0.0491. The van der Waals surface area contributed by atoms with Crippen LogP contribution in [0, 0.1) is 0 Å². The summed E-state index contributed by atoms with van der Waals surface area (Å²) in [4.78, 5) is 37.6. The van der Waals surface area contributed by atoms with Gasteiger partial charge in [-0.05, 0) is 89.9 Å². The number of likely N-dealkylation sites (tertiary alicyclic amines) is 1. The van der Waals surface area contributed by atoms with Gasteiger partial charge >= 0.3 is 12.1 Å². The lowest BCUT2D eigenvalue weighted by molar-refractivity contribution is -0.109. The number of ether oxygens (including phenoxy) is 3. The molecule has 3 rings (SSSR count). The fourth-order valence-electron chi connectivity index (χ4n) is 4.27. The molecule has 1 unspecified atom stereocenters. The van der Waals surface area contributed by atoms with E-state index >= 15 is 0 Å². The third-order valence-electron chi connectivity index (χ3n) is 6.11. The molecule has 0 radical (unpaired) electrons. The normalized spacial score (nSPS) is 15.4. The third-order valence-corrected chi connectivity index (χ3v) is 6.11. The zero-order valence-corrected chi connectivity index (χ0v) is 23.9. The zero-order valence-electron chi connectivity index (χ0n) is 23.9. The molecule has 1 heterocycles. The van der Waals surface area contributed by atoms with Crippen molar-refractivity contribution in [3.05, 3.63) is 59.2 Å². The average Bonchev–Trinajstić information content (AvgIpc) is 2.89. The van der Waals surface area contributed by atoms with Gasteiger partial charge in [0.25, 0.3) is 0 Å². The molecule has 0 aromatic heterocycles. The number of methoxy groups -OCH3 is 1. The van der Waals surface area contributed by atoms with E-state index in [1.807, 2.05) is 31.2 Å². The van der Waals surface area contributed by atoms with Crippen LogP contribution >= 0.6 is 0 Å². The van der Waals surface area contributed by atoms with Crippen molar-refractivity contribution in [3.63, 3.8) is 0 Å². The third kappa shape index (κ3) is 10.6. The molecule has 1 saturated heterocycles. The molecule has 39 heavy (non-hydrogen) atoms. The molecule has 0 aliphatic carbocycles. The second-order valence-electron chi connectivity index (χ2n) is 10.5. The first-order valence-corrected chi connectivity index (χ1v) is 13.2. The van der Waals surface area contributed by atoms with Gasteiger partial charge in [0.1, 0.15) is 23.4 Å². The Hall–Kier alpha value is -3.59. The fourth-order valence-corrected chi connectivity index (χ4v) is 4.27. The molecule has 9 heteroatoms. The molecule has 1 aliphatic heterocycles. The Morgan fingerprint density at radius 1 is 1.18 bits per heavy atom. The number of amides is 1. The zero-order chi connectivity index (χ0) is 29.0. The van der Waals surface area contributed by atoms with Crippen molar-refractivity contribution in [2.75, 3.05) is 40.4 Å². The summed E-state index contributed by atoms with van der Waals surface area (Å²) in [6.07, 6.45) is 2.49. The van der Waals surface area contributed by atoms with Crippen molar-refractivity contribution in [1.82, 2.24) is 9.80 Å². The second-order valence-corrected chi connectivity index (χ2v) is 10.5. The number of aromatic carboxylic acids is 1. The van der Waals surface area contributed by atoms with Gasteiger partial charge in [0.2, 0.25) is 0 Å². The monoisotopic (exact) mass is 542 g/mol. The number of piperidine rings is 1. The maximum atomic E-state index is 12.2. The van der Waals surface area contributed by atoms with Gasteiger partial charge in [0.15, 0.2) is 0 Å². The quantitative estimate of drug-likeness (QED) is 0.430. The molecule has 1 fully saturated rings. The highest BCUT2D eigenvalue weighted by Crippen LogP contribution is 2.27. The van der Waals surface area contributed by atoms with Gasteiger partial charge in [-0.1, -0.05) is 12.1 Å². The summed E-state index contributed by atoms with van der Waals surface area (Å²) in [6.45, 7) is 10.0. The molecule has 214 valence electrons. The van der Waals surface area contributed by atoms with Gasteiger partial charge in [0.05, 0.1) is 32.4 Å². The van der Waals surface area contributed by atoms with E-state index in [0.717, 1.165) is 30.6 Å². The smallest absolute Gasteiger partial charge is 0.410 e. The summed E-state index contributed by atoms with van der Waals surface area (Å²) < 4.78 is 16.1. The summed E-state index contributed by atoms with van der Waals surface area (Å²) in [5.74, 6) is 0.923. The van der Waals surface area contributed by atoms with Crippen LogP contribution in [0.1, 0.15) is 67.9 Å². The number of rotatable bonds is 9. The highest BCUT2D eigenvalue weighted by molar-refractivity contribution is 5.87. The Balaban J connectivity index is 0.000000290. The second kappa shape index (κ2) is 15.1. The predicted octanol–water partition coefficient (Wildman–Crippen LogP) is 5.22. The lowest BCUT2D eigenvalue weighted by Gasteiger charge is -2.30. The Bertz CT molecular complexity index is 1100. The van der Waals surface area contributed by atoms with Gasteiger partial charge < -0.3 is 29.0 Å². The summed E-state index contributed by atoms with van der Waals surface area (Å²) in [6, 6.07) is 12.7. The summed E-state index contributed by atoms with van der Waals surface area (Å²) in [5, 5.41) is 8.95. The Kier molecular flexibility index (Phi) is 12.3. The molecule has 1 N–H and O–H groups in total. The molecular weight excluding hydrogens is 500 g/mol. The topological polar surface area (TPSA) is 106 Å². The molecule has 1 aliphatic rings. The Morgan fingerprint density at radius 3 is 2.51 bits per heavy atom. The number of carboxylic acids is 1. The largest absolute Gasteiger partial charge is 0.497 e. The van der Waals surface area contributed by atoms with E-state index < -0.39 is 17.7 Å². The number of hydrogen-bond acceptors (Lipinski definition) is 7. The van der Waals surface area contributed by atoms with Crippen LogP contribution in [0.5, 0.6) is 11.5 Å². The van der Waals surface area contributed by atoms with E-state index in [0.29, 0.717) is 35.9 Å². The van der Waals surface area contributed by atoms with Crippen molar-refractivity contribution in [2.45, 2.75) is 58.6 Å². The van der Waals surface area contributed by atoms with E-state index in [9.17, 15) is 14.4 Å². The van der Waals surface area contributed by atoms with Crippen LogP contribution in [-0.4, -0.2) is 79.3 Å². The molecule has 0 bridgehead atoms. The lowest BCUT2D eigenvalue weighted by Crippen LogP contribution is -2.37. The number of carbonyl (C=O) groups excluding carboxylic acids is 2. The summed E-state index contributed by atoms with van der Waals surface area (Å²) in [7, 11) is 3.69. The number of aldehydes is 1. The van der Waals surface area contributed by atoms with E-state index in [1.165, 1.54) is 11.3 Å². The maximum Gasteiger partial charge on any atom is 0.410 e. The van der Waals surface area contributed by atoms with E-state index in [1.54, 1.807) is 46.1 Å². The van der Waals surface area contributed by atoms with Gasteiger partial charge in [-0.2, -0.15) is 0 Å². The van der Waals surface area contributed by atoms with Crippen LogP contribution in [0.25, 0.3) is 0 Å². The average molecular weight is 543 g/mol.